The first-order valence-electron chi connectivity index (χ1n) is 6.78. The van der Waals surface area contributed by atoms with E-state index in [1.807, 2.05) is 0 Å². The molecule has 0 bridgehead atoms. The van der Waals surface area contributed by atoms with Crippen molar-refractivity contribution in [2.75, 3.05) is 6.54 Å². The average molecular weight is 343 g/mol. The van der Waals surface area contributed by atoms with Crippen molar-refractivity contribution in [3.05, 3.63) is 33.4 Å². The van der Waals surface area contributed by atoms with E-state index in [1.165, 1.54) is 47.8 Å². The van der Waals surface area contributed by atoms with Crippen LogP contribution in [0.25, 0.3) is 0 Å². The van der Waals surface area contributed by atoms with Crippen LogP contribution in [0, 0.1) is 3.57 Å². The van der Waals surface area contributed by atoms with Crippen LogP contribution < -0.4 is 0 Å². The second-order valence-corrected chi connectivity index (χ2v) is 6.23. The van der Waals surface area contributed by atoms with Gasteiger partial charge in [0.1, 0.15) is 0 Å². The fourth-order valence-corrected chi connectivity index (χ4v) is 3.13. The summed E-state index contributed by atoms with van der Waals surface area (Å²) in [6, 6.07) is 9.79. The van der Waals surface area contributed by atoms with Crippen LogP contribution in [-0.4, -0.2) is 17.5 Å². The van der Waals surface area contributed by atoms with Gasteiger partial charge in [0.25, 0.3) is 0 Å². The monoisotopic (exact) mass is 343 g/mol. The molecule has 0 amide bonds. The average Bonchev–Trinajstić information content (AvgIpc) is 2.39. The highest BCUT2D eigenvalue weighted by molar-refractivity contribution is 14.1. The van der Waals surface area contributed by atoms with Crippen molar-refractivity contribution in [1.29, 1.82) is 0 Å². The standard InChI is InChI=1S/C15H22IN/c1-2-17(15-6-4-3-5-7-15)12-13-8-10-14(16)11-9-13/h8-11,15H,2-7,12H2,1H3. The molecule has 1 fully saturated rings. The Kier molecular flexibility index (Phi) is 5.29. The van der Waals surface area contributed by atoms with Gasteiger partial charge in [-0.25, -0.2) is 0 Å². The molecule has 1 saturated carbocycles. The molecular formula is C15H22IN. The molecule has 0 spiro atoms. The Balaban J connectivity index is 1.96. The lowest BCUT2D eigenvalue weighted by Gasteiger charge is -2.33. The van der Waals surface area contributed by atoms with Crippen LogP contribution >= 0.6 is 22.6 Å². The topological polar surface area (TPSA) is 3.24 Å². The number of hydrogen-bond donors (Lipinski definition) is 0. The van der Waals surface area contributed by atoms with E-state index in [-0.39, 0.29) is 0 Å². The van der Waals surface area contributed by atoms with Crippen LogP contribution in [-0.2, 0) is 6.54 Å². The zero-order valence-electron chi connectivity index (χ0n) is 10.7. The molecule has 1 aromatic carbocycles. The van der Waals surface area contributed by atoms with Gasteiger partial charge in [-0.1, -0.05) is 38.3 Å². The van der Waals surface area contributed by atoms with E-state index in [0.717, 1.165) is 12.6 Å². The summed E-state index contributed by atoms with van der Waals surface area (Å²) in [4.78, 5) is 2.65. The molecule has 94 valence electrons. The molecule has 1 nitrogen and oxygen atoms in total. The Morgan fingerprint density at radius 3 is 2.35 bits per heavy atom. The first-order chi connectivity index (χ1) is 8.29. The minimum Gasteiger partial charge on any atom is -0.296 e. The molecule has 0 heterocycles. The predicted octanol–water partition coefficient (Wildman–Crippen LogP) is 4.45. The van der Waals surface area contributed by atoms with Crippen molar-refractivity contribution >= 4 is 22.6 Å². The SMILES string of the molecule is CCN(Cc1ccc(I)cc1)C1CCCCC1. The molecule has 0 unspecified atom stereocenters. The van der Waals surface area contributed by atoms with Crippen molar-refractivity contribution in [3.63, 3.8) is 0 Å². The summed E-state index contributed by atoms with van der Waals surface area (Å²) >= 11 is 2.37. The van der Waals surface area contributed by atoms with E-state index in [0.29, 0.717) is 0 Å². The maximum Gasteiger partial charge on any atom is 0.0236 e. The third kappa shape index (κ3) is 3.95. The minimum atomic E-state index is 0.827. The molecule has 0 atom stereocenters. The van der Waals surface area contributed by atoms with Gasteiger partial charge in [0.2, 0.25) is 0 Å². The van der Waals surface area contributed by atoms with Crippen molar-refractivity contribution in [2.24, 2.45) is 0 Å². The van der Waals surface area contributed by atoms with Gasteiger partial charge >= 0.3 is 0 Å². The van der Waals surface area contributed by atoms with Crippen LogP contribution in [0.15, 0.2) is 24.3 Å². The number of nitrogens with zero attached hydrogens (tertiary/aromatic N) is 1. The summed E-state index contributed by atoms with van der Waals surface area (Å²) in [6.45, 7) is 4.59. The van der Waals surface area contributed by atoms with Gasteiger partial charge < -0.3 is 0 Å². The van der Waals surface area contributed by atoms with E-state index in [4.69, 9.17) is 0 Å². The minimum absolute atomic E-state index is 0.827. The number of rotatable bonds is 4. The molecule has 0 aromatic heterocycles. The molecule has 0 radical (unpaired) electrons. The third-order valence-electron chi connectivity index (χ3n) is 3.80. The second kappa shape index (κ2) is 6.74. The van der Waals surface area contributed by atoms with Gasteiger partial charge in [0, 0.05) is 16.2 Å². The lowest BCUT2D eigenvalue weighted by molar-refractivity contribution is 0.156. The zero-order valence-corrected chi connectivity index (χ0v) is 12.8. The molecule has 0 saturated heterocycles. The van der Waals surface area contributed by atoms with Crippen molar-refractivity contribution in [2.45, 2.75) is 51.6 Å². The molecule has 0 N–H and O–H groups in total. The van der Waals surface area contributed by atoms with Gasteiger partial charge in [-0.15, -0.1) is 0 Å². The van der Waals surface area contributed by atoms with Crippen molar-refractivity contribution in [3.8, 4) is 0 Å². The number of hydrogen-bond acceptors (Lipinski definition) is 1. The van der Waals surface area contributed by atoms with E-state index in [2.05, 4.69) is 58.7 Å². The molecule has 2 rings (SSSR count). The Morgan fingerprint density at radius 1 is 1.12 bits per heavy atom. The quantitative estimate of drug-likeness (QED) is 0.731. The van der Waals surface area contributed by atoms with Gasteiger partial charge in [0.05, 0.1) is 0 Å². The molecule has 2 heteroatoms. The fraction of sp³-hybridized carbons (Fsp3) is 0.600. The Labute approximate surface area is 119 Å². The summed E-state index contributed by atoms with van der Waals surface area (Å²) in [7, 11) is 0. The Bertz CT molecular complexity index is 327. The highest BCUT2D eigenvalue weighted by atomic mass is 127. The van der Waals surface area contributed by atoms with Crippen molar-refractivity contribution in [1.82, 2.24) is 4.90 Å². The maximum absolute atomic E-state index is 2.65. The summed E-state index contributed by atoms with van der Waals surface area (Å²) in [5.74, 6) is 0. The van der Waals surface area contributed by atoms with Crippen LogP contribution in [0.5, 0.6) is 0 Å². The van der Waals surface area contributed by atoms with E-state index < -0.39 is 0 Å². The molecule has 1 aromatic rings. The molecular weight excluding hydrogens is 321 g/mol. The fourth-order valence-electron chi connectivity index (χ4n) is 2.77. The largest absolute Gasteiger partial charge is 0.296 e. The number of halogens is 1. The van der Waals surface area contributed by atoms with Crippen LogP contribution in [0.2, 0.25) is 0 Å². The molecule has 17 heavy (non-hydrogen) atoms. The molecule has 0 aliphatic heterocycles. The summed E-state index contributed by atoms with van der Waals surface area (Å²) in [6.07, 6.45) is 7.09. The van der Waals surface area contributed by atoms with E-state index in [9.17, 15) is 0 Å². The van der Waals surface area contributed by atoms with E-state index >= 15 is 0 Å². The van der Waals surface area contributed by atoms with Crippen LogP contribution in [0.3, 0.4) is 0 Å². The normalized spacial score (nSPS) is 17.6. The Morgan fingerprint density at radius 2 is 1.76 bits per heavy atom. The summed E-state index contributed by atoms with van der Waals surface area (Å²) in [5, 5.41) is 0. The highest BCUT2D eigenvalue weighted by Gasteiger charge is 2.19. The van der Waals surface area contributed by atoms with Crippen LogP contribution in [0.4, 0.5) is 0 Å². The third-order valence-corrected chi connectivity index (χ3v) is 4.52. The summed E-state index contributed by atoms with van der Waals surface area (Å²) in [5.41, 5.74) is 1.46. The second-order valence-electron chi connectivity index (χ2n) is 4.98. The molecule has 1 aliphatic rings. The molecule has 1 aliphatic carbocycles. The van der Waals surface area contributed by atoms with Gasteiger partial charge in [-0.2, -0.15) is 0 Å². The van der Waals surface area contributed by atoms with Crippen LogP contribution in [0.1, 0.15) is 44.6 Å². The highest BCUT2D eigenvalue weighted by Crippen LogP contribution is 2.23. The zero-order chi connectivity index (χ0) is 12.1. The summed E-state index contributed by atoms with van der Waals surface area (Å²) < 4.78 is 1.33. The first kappa shape index (κ1) is 13.3. The Hall–Kier alpha value is -0.0900. The lowest BCUT2D eigenvalue weighted by Crippen LogP contribution is -2.36. The van der Waals surface area contributed by atoms with Gasteiger partial charge in [-0.3, -0.25) is 4.90 Å². The first-order valence-corrected chi connectivity index (χ1v) is 7.86. The lowest BCUT2D eigenvalue weighted by atomic mass is 9.94. The smallest absolute Gasteiger partial charge is 0.0236 e. The van der Waals surface area contributed by atoms with Gasteiger partial charge in [0.15, 0.2) is 0 Å². The maximum atomic E-state index is 2.65. The van der Waals surface area contributed by atoms with E-state index in [1.54, 1.807) is 0 Å². The number of benzene rings is 1. The predicted molar refractivity (Wildman–Crippen MR) is 82.1 cm³/mol. The van der Waals surface area contributed by atoms with Crippen molar-refractivity contribution < 1.29 is 0 Å². The van der Waals surface area contributed by atoms with Gasteiger partial charge in [-0.05, 0) is 59.7 Å².